The fourth-order valence-electron chi connectivity index (χ4n) is 4.84. The van der Waals surface area contributed by atoms with Crippen molar-refractivity contribution in [1.29, 1.82) is 0 Å². The fourth-order valence-corrected chi connectivity index (χ4v) is 6.13. The molecule has 2 aliphatic rings. The van der Waals surface area contributed by atoms with Gasteiger partial charge in [0.15, 0.2) is 0 Å². The quantitative estimate of drug-likeness (QED) is 0.686. The minimum absolute atomic E-state index is 0.0523. The number of nitrogen functional groups attached to an aromatic ring is 1. The Morgan fingerprint density at radius 2 is 1.84 bits per heavy atom. The van der Waals surface area contributed by atoms with Crippen LogP contribution in [-0.4, -0.2) is 83.4 Å². The molecule has 0 unspecified atom stereocenters. The molecular formula is C20H30ClN7O2S. The lowest BCUT2D eigenvalue weighted by Crippen LogP contribution is -2.63. The summed E-state index contributed by atoms with van der Waals surface area (Å²) in [5.41, 5.74) is 6.83. The molecule has 0 radical (unpaired) electrons. The fraction of sp³-hybridized carbons (Fsp3) is 0.600. The van der Waals surface area contributed by atoms with E-state index >= 15 is 0 Å². The number of nitrogens with two attached hydrogens (primary N) is 1. The Hall–Kier alpha value is -1.88. The Balaban J connectivity index is 1.50. The molecule has 2 fully saturated rings. The highest BCUT2D eigenvalue weighted by atomic mass is 35.5. The summed E-state index contributed by atoms with van der Waals surface area (Å²) in [6.07, 6.45) is 4.04. The molecule has 4 rings (SSSR count). The second-order valence-corrected chi connectivity index (χ2v) is 11.0. The predicted molar refractivity (Wildman–Crippen MR) is 123 cm³/mol. The molecule has 1 aromatic heterocycles. The zero-order valence-electron chi connectivity index (χ0n) is 17.9. The van der Waals surface area contributed by atoms with Gasteiger partial charge in [0.1, 0.15) is 0 Å². The summed E-state index contributed by atoms with van der Waals surface area (Å²) < 4.78 is 26.4. The lowest BCUT2D eigenvalue weighted by Gasteiger charge is -2.49. The second-order valence-electron chi connectivity index (χ2n) is 8.61. The molecule has 3 N–H and O–H groups in total. The van der Waals surface area contributed by atoms with E-state index in [1.54, 1.807) is 4.31 Å². The maximum atomic E-state index is 12.4. The van der Waals surface area contributed by atoms with Gasteiger partial charge in [-0.1, -0.05) is 23.7 Å². The van der Waals surface area contributed by atoms with Gasteiger partial charge in [0.05, 0.1) is 6.26 Å². The SMILES string of the molecule is C[C@H]1CN(C2CCN(c3nnc(N)[nH]3)CC2)[C@@H](Cc2ccc(Cl)cc2)CN1S(C)(=O)=O. The Bertz CT molecular complexity index is 989. The highest BCUT2D eigenvalue weighted by Crippen LogP contribution is 2.28. The summed E-state index contributed by atoms with van der Waals surface area (Å²) in [5, 5.41) is 8.66. The molecule has 31 heavy (non-hydrogen) atoms. The summed E-state index contributed by atoms with van der Waals surface area (Å²) in [5.74, 6) is 1.04. The summed E-state index contributed by atoms with van der Waals surface area (Å²) in [4.78, 5) is 7.69. The number of piperidine rings is 1. The van der Waals surface area contributed by atoms with E-state index < -0.39 is 10.0 Å². The zero-order valence-corrected chi connectivity index (χ0v) is 19.5. The third-order valence-corrected chi connectivity index (χ3v) is 7.98. The van der Waals surface area contributed by atoms with Gasteiger partial charge in [-0.05, 0) is 43.9 Å². The number of hydrogen-bond acceptors (Lipinski definition) is 7. The van der Waals surface area contributed by atoms with Crippen LogP contribution >= 0.6 is 11.6 Å². The van der Waals surface area contributed by atoms with Crippen LogP contribution in [0.5, 0.6) is 0 Å². The van der Waals surface area contributed by atoms with Gasteiger partial charge in [-0.25, -0.2) is 8.42 Å². The molecule has 2 aliphatic heterocycles. The van der Waals surface area contributed by atoms with E-state index in [0.717, 1.165) is 44.5 Å². The van der Waals surface area contributed by atoms with Crippen molar-refractivity contribution in [2.45, 2.75) is 44.3 Å². The average molecular weight is 468 g/mol. The Morgan fingerprint density at radius 3 is 2.42 bits per heavy atom. The third-order valence-electron chi connectivity index (χ3n) is 6.36. The van der Waals surface area contributed by atoms with Crippen molar-refractivity contribution < 1.29 is 8.42 Å². The van der Waals surface area contributed by atoms with Crippen molar-refractivity contribution in [3.05, 3.63) is 34.9 Å². The molecule has 0 spiro atoms. The number of hydrogen-bond donors (Lipinski definition) is 2. The normalized spacial score (nSPS) is 24.5. The predicted octanol–water partition coefficient (Wildman–Crippen LogP) is 1.59. The number of aromatic amines is 1. The molecule has 3 heterocycles. The Labute approximate surface area is 188 Å². The van der Waals surface area contributed by atoms with Gasteiger partial charge in [0.2, 0.25) is 21.9 Å². The molecule has 170 valence electrons. The summed E-state index contributed by atoms with van der Waals surface area (Å²) in [6.45, 7) is 4.94. The number of benzene rings is 1. The van der Waals surface area contributed by atoms with E-state index in [-0.39, 0.29) is 12.1 Å². The molecule has 11 heteroatoms. The minimum Gasteiger partial charge on any atom is -0.368 e. The number of rotatable bonds is 5. The van der Waals surface area contributed by atoms with E-state index in [0.29, 0.717) is 29.5 Å². The van der Waals surface area contributed by atoms with Crippen LogP contribution in [0.15, 0.2) is 24.3 Å². The van der Waals surface area contributed by atoms with E-state index in [4.69, 9.17) is 17.3 Å². The van der Waals surface area contributed by atoms with Crippen molar-refractivity contribution in [1.82, 2.24) is 24.4 Å². The summed E-state index contributed by atoms with van der Waals surface area (Å²) in [7, 11) is -3.26. The Morgan fingerprint density at radius 1 is 1.16 bits per heavy atom. The van der Waals surface area contributed by atoms with E-state index in [1.165, 1.54) is 6.26 Å². The molecule has 1 aromatic carbocycles. The molecule has 9 nitrogen and oxygen atoms in total. The number of H-pyrrole nitrogens is 1. The molecule has 0 aliphatic carbocycles. The van der Waals surface area contributed by atoms with E-state index in [9.17, 15) is 8.42 Å². The van der Waals surface area contributed by atoms with Crippen molar-refractivity contribution in [3.8, 4) is 0 Å². The maximum Gasteiger partial charge on any atom is 0.226 e. The van der Waals surface area contributed by atoms with Crippen molar-refractivity contribution in [2.75, 3.05) is 43.1 Å². The number of halogens is 1. The Kier molecular flexibility index (Phi) is 6.43. The second kappa shape index (κ2) is 8.93. The van der Waals surface area contributed by atoms with Crippen LogP contribution in [-0.2, 0) is 16.4 Å². The highest BCUT2D eigenvalue weighted by molar-refractivity contribution is 7.88. The topological polar surface area (TPSA) is 111 Å². The monoisotopic (exact) mass is 467 g/mol. The first-order valence-corrected chi connectivity index (χ1v) is 12.8. The van der Waals surface area contributed by atoms with Gasteiger partial charge in [-0.2, -0.15) is 4.31 Å². The first kappa shape index (κ1) is 22.3. The molecular weight excluding hydrogens is 438 g/mol. The molecule has 0 amide bonds. The van der Waals surface area contributed by atoms with E-state index in [1.807, 2.05) is 31.2 Å². The van der Waals surface area contributed by atoms with Gasteiger partial charge in [0, 0.05) is 49.3 Å². The van der Waals surface area contributed by atoms with Crippen LogP contribution < -0.4 is 10.6 Å². The van der Waals surface area contributed by atoms with Gasteiger partial charge in [0.25, 0.3) is 0 Å². The van der Waals surface area contributed by atoms with Crippen molar-refractivity contribution >= 4 is 33.5 Å². The van der Waals surface area contributed by atoms with Crippen LogP contribution in [0.3, 0.4) is 0 Å². The van der Waals surface area contributed by atoms with Crippen LogP contribution in [0.2, 0.25) is 5.02 Å². The molecule has 2 saturated heterocycles. The van der Waals surface area contributed by atoms with Gasteiger partial charge in [-0.15, -0.1) is 10.2 Å². The maximum absolute atomic E-state index is 12.4. The summed E-state index contributed by atoms with van der Waals surface area (Å²) >= 11 is 6.05. The first-order chi connectivity index (χ1) is 14.7. The van der Waals surface area contributed by atoms with Crippen LogP contribution in [0.25, 0.3) is 0 Å². The third kappa shape index (κ3) is 5.14. The van der Waals surface area contributed by atoms with Crippen LogP contribution in [0.4, 0.5) is 11.9 Å². The highest BCUT2D eigenvalue weighted by Gasteiger charge is 2.40. The smallest absolute Gasteiger partial charge is 0.226 e. The molecule has 0 bridgehead atoms. The number of nitrogens with one attached hydrogen (secondary N) is 1. The molecule has 0 saturated carbocycles. The minimum atomic E-state index is -3.26. The first-order valence-electron chi connectivity index (χ1n) is 10.6. The lowest BCUT2D eigenvalue weighted by atomic mass is 9.95. The number of aromatic nitrogens is 3. The average Bonchev–Trinajstić information content (AvgIpc) is 3.16. The number of nitrogens with zero attached hydrogens (tertiary/aromatic N) is 5. The largest absolute Gasteiger partial charge is 0.368 e. The van der Waals surface area contributed by atoms with Crippen LogP contribution in [0, 0.1) is 0 Å². The zero-order chi connectivity index (χ0) is 22.2. The van der Waals surface area contributed by atoms with E-state index in [2.05, 4.69) is 25.0 Å². The van der Waals surface area contributed by atoms with Gasteiger partial charge < -0.3 is 10.6 Å². The lowest BCUT2D eigenvalue weighted by molar-refractivity contribution is 0.0362. The van der Waals surface area contributed by atoms with Gasteiger partial charge >= 0.3 is 0 Å². The number of sulfonamides is 1. The van der Waals surface area contributed by atoms with Crippen LogP contribution in [0.1, 0.15) is 25.3 Å². The standard InChI is InChI=1S/C20H30ClN7O2S/c1-14-12-27(17-7-9-26(10-8-17)20-23-19(22)24-25-20)18(13-28(14)31(2,29)30)11-15-3-5-16(21)6-4-15/h3-6,14,17-18H,7-13H2,1-2H3,(H3,22,23,24,25)/t14-,18-/m0/s1. The molecule has 2 atom stereocenters. The van der Waals surface area contributed by atoms with Gasteiger partial charge in [-0.3, -0.25) is 9.88 Å². The van der Waals surface area contributed by atoms with Crippen molar-refractivity contribution in [3.63, 3.8) is 0 Å². The van der Waals surface area contributed by atoms with Crippen molar-refractivity contribution in [2.24, 2.45) is 0 Å². The number of anilines is 2. The number of piperazine rings is 1. The summed E-state index contributed by atoms with van der Waals surface area (Å²) in [6, 6.07) is 8.29. The molecule has 2 aromatic rings.